The molecule has 9 heteroatoms. The zero-order chi connectivity index (χ0) is 25.4. The van der Waals surface area contributed by atoms with Crippen molar-refractivity contribution in [2.45, 2.75) is 51.2 Å². The van der Waals surface area contributed by atoms with E-state index in [1.165, 1.54) is 5.56 Å². The number of carboxylic acid groups (broad SMARTS) is 1. The van der Waals surface area contributed by atoms with Crippen LogP contribution in [0.5, 0.6) is 0 Å². The van der Waals surface area contributed by atoms with Crippen molar-refractivity contribution in [2.75, 3.05) is 13.1 Å². The Bertz CT molecular complexity index is 1040. The summed E-state index contributed by atoms with van der Waals surface area (Å²) >= 11 is 0. The van der Waals surface area contributed by atoms with Gasteiger partial charge in [0.2, 0.25) is 11.8 Å². The van der Waals surface area contributed by atoms with Gasteiger partial charge in [-0.1, -0.05) is 61.5 Å². The van der Waals surface area contributed by atoms with Gasteiger partial charge in [0.25, 0.3) is 0 Å². The van der Waals surface area contributed by atoms with Crippen molar-refractivity contribution < 1.29 is 19.5 Å². The lowest BCUT2D eigenvalue weighted by Gasteiger charge is -2.38. The summed E-state index contributed by atoms with van der Waals surface area (Å²) in [5.41, 5.74) is 2.45. The number of carbonyl (C=O) groups excluding carboxylic acids is 2. The van der Waals surface area contributed by atoms with E-state index in [0.717, 1.165) is 31.5 Å². The average molecular weight is 480 g/mol. The maximum absolute atomic E-state index is 13.1. The number of rotatable bonds is 8. The highest BCUT2D eigenvalue weighted by atomic mass is 16.4. The summed E-state index contributed by atoms with van der Waals surface area (Å²) in [7, 11) is 0. The van der Waals surface area contributed by atoms with Crippen LogP contribution in [0.3, 0.4) is 0 Å². The number of nitrogens with zero attached hydrogens (tertiary/aromatic N) is 1. The molecule has 1 fully saturated rings. The number of nitrogens with one attached hydrogen (secondary N) is 4. The first-order chi connectivity index (χ1) is 16.8. The first-order valence-corrected chi connectivity index (χ1v) is 11.8. The molecule has 0 bridgehead atoms. The Morgan fingerprint density at radius 2 is 1.80 bits per heavy atom. The third kappa shape index (κ3) is 7.13. The molecule has 2 aromatic carbocycles. The zero-order valence-electron chi connectivity index (χ0n) is 20.1. The third-order valence-electron chi connectivity index (χ3n) is 6.39. The predicted molar refractivity (Wildman–Crippen MR) is 133 cm³/mol. The second kappa shape index (κ2) is 12.1. The maximum Gasteiger partial charge on any atom is 0.410 e. The number of benzene rings is 2. The van der Waals surface area contributed by atoms with Gasteiger partial charge in [-0.2, -0.15) is 0 Å². The molecule has 1 heterocycles. The number of likely N-dealkylation sites (N-methyl/N-ethyl adjacent to an activating group) is 1. The van der Waals surface area contributed by atoms with E-state index in [4.69, 9.17) is 10.5 Å². The topological polar surface area (TPSA) is 135 Å². The molecular formula is C26H33N5O4. The van der Waals surface area contributed by atoms with Crippen LogP contribution >= 0.6 is 0 Å². The number of amidine groups is 1. The molecule has 0 aliphatic carbocycles. The molecule has 3 rings (SSSR count). The van der Waals surface area contributed by atoms with Crippen LogP contribution in [0.15, 0.2) is 54.6 Å². The van der Waals surface area contributed by atoms with E-state index in [-0.39, 0.29) is 30.2 Å². The number of piperidine rings is 1. The van der Waals surface area contributed by atoms with Gasteiger partial charge in [0, 0.05) is 12.1 Å². The molecule has 0 spiro atoms. The van der Waals surface area contributed by atoms with Crippen LogP contribution in [0.25, 0.3) is 0 Å². The smallest absolute Gasteiger partial charge is 0.410 e. The molecule has 0 saturated carbocycles. The summed E-state index contributed by atoms with van der Waals surface area (Å²) in [4.78, 5) is 38.5. The van der Waals surface area contributed by atoms with Gasteiger partial charge in [-0.05, 0) is 49.9 Å². The third-order valence-corrected chi connectivity index (χ3v) is 6.39. The Kier molecular flexibility index (Phi) is 8.97. The van der Waals surface area contributed by atoms with Crippen LogP contribution in [0.2, 0.25) is 0 Å². The van der Waals surface area contributed by atoms with E-state index in [1.807, 2.05) is 30.4 Å². The van der Waals surface area contributed by atoms with E-state index in [0.29, 0.717) is 11.5 Å². The van der Waals surface area contributed by atoms with Gasteiger partial charge >= 0.3 is 6.09 Å². The van der Waals surface area contributed by atoms with Crippen molar-refractivity contribution in [1.29, 1.82) is 5.41 Å². The quantitative estimate of drug-likeness (QED) is 0.293. The molecule has 0 unspecified atom stereocenters. The van der Waals surface area contributed by atoms with Gasteiger partial charge in [-0.15, -0.1) is 0 Å². The van der Waals surface area contributed by atoms with Crippen molar-refractivity contribution in [2.24, 2.45) is 0 Å². The minimum atomic E-state index is -1.30. The Morgan fingerprint density at radius 1 is 1.11 bits per heavy atom. The lowest BCUT2D eigenvalue weighted by Crippen LogP contribution is -2.54. The van der Waals surface area contributed by atoms with Gasteiger partial charge in [-0.3, -0.25) is 25.2 Å². The van der Waals surface area contributed by atoms with Crippen LogP contribution in [-0.4, -0.2) is 58.9 Å². The Balaban J connectivity index is 1.52. The highest BCUT2D eigenvalue weighted by molar-refractivity contribution is 6.04. The van der Waals surface area contributed by atoms with Crippen LogP contribution < -0.4 is 16.0 Å². The predicted octanol–water partition coefficient (Wildman–Crippen LogP) is 2.67. The maximum atomic E-state index is 13.1. The first kappa shape index (κ1) is 25.9. The SMILES string of the molecule is CCN1CC[C@H](c2ccccc2)C[C@@H]1C(=O)N[C@@H](C)C(=O)NCc1ccc(C(=N)NC(=O)O)cc1. The van der Waals surface area contributed by atoms with E-state index in [1.54, 1.807) is 31.2 Å². The molecule has 0 aromatic heterocycles. The van der Waals surface area contributed by atoms with E-state index in [9.17, 15) is 14.4 Å². The fourth-order valence-corrected chi connectivity index (χ4v) is 4.38. The van der Waals surface area contributed by atoms with Crippen molar-refractivity contribution >= 4 is 23.7 Å². The average Bonchev–Trinajstić information content (AvgIpc) is 2.87. The highest BCUT2D eigenvalue weighted by Gasteiger charge is 2.34. The van der Waals surface area contributed by atoms with E-state index < -0.39 is 12.1 Å². The molecule has 1 aliphatic heterocycles. The van der Waals surface area contributed by atoms with Gasteiger partial charge in [0.05, 0.1) is 6.04 Å². The Hall–Kier alpha value is -3.72. The monoisotopic (exact) mass is 479 g/mol. The molecule has 1 aliphatic rings. The van der Waals surface area contributed by atoms with Crippen LogP contribution in [-0.2, 0) is 16.1 Å². The Morgan fingerprint density at radius 3 is 2.43 bits per heavy atom. The van der Waals surface area contributed by atoms with E-state index >= 15 is 0 Å². The normalized spacial score (nSPS) is 18.8. The molecule has 9 nitrogen and oxygen atoms in total. The second-order valence-electron chi connectivity index (χ2n) is 8.73. The van der Waals surface area contributed by atoms with Crippen molar-refractivity contribution in [1.82, 2.24) is 20.9 Å². The molecule has 35 heavy (non-hydrogen) atoms. The second-order valence-corrected chi connectivity index (χ2v) is 8.73. The number of hydrogen-bond donors (Lipinski definition) is 5. The summed E-state index contributed by atoms with van der Waals surface area (Å²) in [6.07, 6.45) is 0.423. The molecule has 186 valence electrons. The van der Waals surface area contributed by atoms with Crippen molar-refractivity contribution in [3.05, 3.63) is 71.3 Å². The number of hydrogen-bond acceptors (Lipinski definition) is 5. The lowest BCUT2D eigenvalue weighted by atomic mass is 9.85. The van der Waals surface area contributed by atoms with E-state index in [2.05, 4.69) is 27.7 Å². The number of amides is 3. The minimum Gasteiger partial charge on any atom is -0.465 e. The summed E-state index contributed by atoms with van der Waals surface area (Å²) in [5, 5.41) is 24.1. The van der Waals surface area contributed by atoms with Gasteiger partial charge in [0.15, 0.2) is 0 Å². The lowest BCUT2D eigenvalue weighted by molar-refractivity contribution is -0.132. The van der Waals surface area contributed by atoms with Crippen molar-refractivity contribution in [3.63, 3.8) is 0 Å². The summed E-state index contributed by atoms with van der Waals surface area (Å²) < 4.78 is 0. The molecule has 2 aromatic rings. The fourth-order valence-electron chi connectivity index (χ4n) is 4.38. The zero-order valence-corrected chi connectivity index (χ0v) is 20.1. The minimum absolute atomic E-state index is 0.135. The van der Waals surface area contributed by atoms with Crippen LogP contribution in [0, 0.1) is 5.41 Å². The molecule has 3 amide bonds. The molecule has 0 radical (unpaired) electrons. The molecule has 1 saturated heterocycles. The van der Waals surface area contributed by atoms with Crippen LogP contribution in [0.4, 0.5) is 4.79 Å². The van der Waals surface area contributed by atoms with Crippen molar-refractivity contribution in [3.8, 4) is 0 Å². The summed E-state index contributed by atoms with van der Waals surface area (Å²) in [6.45, 7) is 5.58. The fraction of sp³-hybridized carbons (Fsp3) is 0.385. The molecule has 5 N–H and O–H groups in total. The van der Waals surface area contributed by atoms with Gasteiger partial charge in [-0.25, -0.2) is 4.79 Å². The van der Waals surface area contributed by atoms with Gasteiger partial charge < -0.3 is 15.7 Å². The Labute approximate surface area is 205 Å². The van der Waals surface area contributed by atoms with Gasteiger partial charge in [0.1, 0.15) is 11.9 Å². The molecular weight excluding hydrogens is 446 g/mol. The summed E-state index contributed by atoms with van der Waals surface area (Å²) in [5.74, 6) is -0.332. The number of likely N-dealkylation sites (tertiary alicyclic amines) is 1. The number of carbonyl (C=O) groups is 3. The van der Waals surface area contributed by atoms with Crippen LogP contribution in [0.1, 0.15) is 49.3 Å². The standard InChI is InChI=1S/C26H33N5O4/c1-3-31-14-13-21(19-7-5-4-6-8-19)15-22(31)25(33)29-17(2)24(32)28-16-18-9-11-20(12-10-18)23(27)30-26(34)35/h4-12,17,21-22H,3,13-16H2,1-2H3,(H2,27,30)(H,28,32)(H,29,33)(H,34,35)/t17-,21-,22+/m0/s1. The molecule has 3 atom stereocenters. The highest BCUT2D eigenvalue weighted by Crippen LogP contribution is 2.31. The largest absolute Gasteiger partial charge is 0.465 e. The first-order valence-electron chi connectivity index (χ1n) is 11.8. The summed E-state index contributed by atoms with van der Waals surface area (Å²) in [6, 6.07) is 15.9.